The highest BCUT2D eigenvalue weighted by Gasteiger charge is 2.13. The van der Waals surface area contributed by atoms with Gasteiger partial charge in [-0.2, -0.15) is 15.4 Å². The first-order valence-corrected chi connectivity index (χ1v) is 4.65. The quantitative estimate of drug-likeness (QED) is 0.643. The SMILES string of the molecule is Cn1nc(-c2ccccc2)c2n[nH]nc21. The Balaban J connectivity index is 2.32. The number of H-pyrrole nitrogens is 1. The monoisotopic (exact) mass is 199 g/mol. The molecule has 1 N–H and O–H groups in total. The van der Waals surface area contributed by atoms with Crippen molar-refractivity contribution in [2.75, 3.05) is 0 Å². The zero-order valence-corrected chi connectivity index (χ0v) is 8.18. The molecule has 0 aliphatic rings. The average Bonchev–Trinajstić information content (AvgIpc) is 2.84. The summed E-state index contributed by atoms with van der Waals surface area (Å²) in [6.45, 7) is 0. The van der Waals surface area contributed by atoms with Gasteiger partial charge in [0.25, 0.3) is 0 Å². The number of nitrogens with zero attached hydrogens (tertiary/aromatic N) is 4. The Morgan fingerprint density at radius 2 is 1.93 bits per heavy atom. The molecule has 2 heterocycles. The molecule has 0 atom stereocenters. The van der Waals surface area contributed by atoms with Gasteiger partial charge in [-0.05, 0) is 0 Å². The molecule has 5 nitrogen and oxygen atoms in total. The third-order valence-electron chi connectivity index (χ3n) is 2.36. The van der Waals surface area contributed by atoms with E-state index in [2.05, 4.69) is 20.5 Å². The Morgan fingerprint density at radius 1 is 1.13 bits per heavy atom. The van der Waals surface area contributed by atoms with Gasteiger partial charge >= 0.3 is 0 Å². The molecule has 0 saturated heterocycles. The van der Waals surface area contributed by atoms with Gasteiger partial charge in [-0.3, -0.25) is 0 Å². The molecule has 15 heavy (non-hydrogen) atoms. The van der Waals surface area contributed by atoms with Crippen LogP contribution in [0.2, 0.25) is 0 Å². The minimum atomic E-state index is 0.772. The molecule has 5 heteroatoms. The van der Waals surface area contributed by atoms with Crippen molar-refractivity contribution in [3.05, 3.63) is 30.3 Å². The summed E-state index contributed by atoms with van der Waals surface area (Å²) in [4.78, 5) is 0. The first kappa shape index (κ1) is 8.16. The van der Waals surface area contributed by atoms with E-state index in [4.69, 9.17) is 0 Å². The van der Waals surface area contributed by atoms with Crippen LogP contribution in [0.4, 0.5) is 0 Å². The minimum absolute atomic E-state index is 0.772. The second-order valence-corrected chi connectivity index (χ2v) is 3.33. The Labute approximate surface area is 85.7 Å². The topological polar surface area (TPSA) is 59.4 Å². The smallest absolute Gasteiger partial charge is 0.200 e. The summed E-state index contributed by atoms with van der Waals surface area (Å²) in [5, 5.41) is 15.1. The number of aromatic nitrogens is 5. The second kappa shape index (κ2) is 2.91. The van der Waals surface area contributed by atoms with Crippen LogP contribution in [0.3, 0.4) is 0 Å². The van der Waals surface area contributed by atoms with Crippen LogP contribution in [0.25, 0.3) is 22.4 Å². The van der Waals surface area contributed by atoms with Gasteiger partial charge < -0.3 is 0 Å². The van der Waals surface area contributed by atoms with E-state index in [-0.39, 0.29) is 0 Å². The molecule has 0 aliphatic heterocycles. The normalized spacial score (nSPS) is 11.0. The van der Waals surface area contributed by atoms with E-state index in [9.17, 15) is 0 Å². The first-order chi connectivity index (χ1) is 7.36. The van der Waals surface area contributed by atoms with E-state index in [1.165, 1.54) is 0 Å². The summed E-state index contributed by atoms with van der Waals surface area (Å²) in [5.74, 6) is 0. The van der Waals surface area contributed by atoms with Crippen molar-refractivity contribution in [2.24, 2.45) is 7.05 Å². The van der Waals surface area contributed by atoms with Crippen LogP contribution in [0.1, 0.15) is 0 Å². The van der Waals surface area contributed by atoms with Gasteiger partial charge in [0.05, 0.1) is 0 Å². The minimum Gasteiger partial charge on any atom is -0.247 e. The van der Waals surface area contributed by atoms with Gasteiger partial charge in [-0.1, -0.05) is 30.3 Å². The largest absolute Gasteiger partial charge is 0.247 e. The number of nitrogens with one attached hydrogen (secondary N) is 1. The van der Waals surface area contributed by atoms with Gasteiger partial charge in [0.1, 0.15) is 5.69 Å². The van der Waals surface area contributed by atoms with Crippen molar-refractivity contribution >= 4 is 11.2 Å². The Kier molecular flexibility index (Phi) is 1.58. The van der Waals surface area contributed by atoms with E-state index >= 15 is 0 Å². The second-order valence-electron chi connectivity index (χ2n) is 3.33. The van der Waals surface area contributed by atoms with Gasteiger partial charge in [0.2, 0.25) is 5.65 Å². The molecule has 0 fully saturated rings. The zero-order chi connectivity index (χ0) is 10.3. The number of benzene rings is 1. The highest BCUT2D eigenvalue weighted by molar-refractivity contribution is 5.87. The predicted molar refractivity (Wildman–Crippen MR) is 56.1 cm³/mol. The predicted octanol–water partition coefficient (Wildman–Crippen LogP) is 1.36. The summed E-state index contributed by atoms with van der Waals surface area (Å²) in [7, 11) is 1.86. The molecule has 2 aromatic heterocycles. The van der Waals surface area contributed by atoms with Crippen LogP contribution in [0.5, 0.6) is 0 Å². The van der Waals surface area contributed by atoms with Crippen LogP contribution in [-0.2, 0) is 7.05 Å². The molecule has 3 aromatic rings. The maximum Gasteiger partial charge on any atom is 0.200 e. The van der Waals surface area contributed by atoms with Crippen molar-refractivity contribution < 1.29 is 0 Å². The zero-order valence-electron chi connectivity index (χ0n) is 8.18. The van der Waals surface area contributed by atoms with Crippen molar-refractivity contribution in [2.45, 2.75) is 0 Å². The fraction of sp³-hybridized carbons (Fsp3) is 0.100. The molecular formula is C10H9N5. The first-order valence-electron chi connectivity index (χ1n) is 4.65. The number of hydrogen-bond donors (Lipinski definition) is 1. The molecule has 0 unspecified atom stereocenters. The lowest BCUT2D eigenvalue weighted by molar-refractivity contribution is 0.776. The molecule has 0 bridgehead atoms. The maximum atomic E-state index is 4.39. The average molecular weight is 199 g/mol. The van der Waals surface area contributed by atoms with Gasteiger partial charge in [-0.15, -0.1) is 5.10 Å². The van der Waals surface area contributed by atoms with Crippen LogP contribution >= 0.6 is 0 Å². The van der Waals surface area contributed by atoms with Crippen LogP contribution in [0.15, 0.2) is 30.3 Å². The lowest BCUT2D eigenvalue weighted by atomic mass is 10.1. The van der Waals surface area contributed by atoms with E-state index in [1.807, 2.05) is 37.4 Å². The molecule has 74 valence electrons. The fourth-order valence-electron chi connectivity index (χ4n) is 1.64. The number of aromatic amines is 1. The summed E-state index contributed by atoms with van der Waals surface area (Å²) in [6, 6.07) is 9.96. The molecule has 0 amide bonds. The Bertz CT molecular complexity index is 593. The van der Waals surface area contributed by atoms with Crippen molar-refractivity contribution in [3.8, 4) is 11.3 Å². The molecule has 0 aliphatic carbocycles. The Hall–Kier alpha value is -2.17. The van der Waals surface area contributed by atoms with Crippen LogP contribution < -0.4 is 0 Å². The Morgan fingerprint density at radius 3 is 2.73 bits per heavy atom. The fourth-order valence-corrected chi connectivity index (χ4v) is 1.64. The number of rotatable bonds is 1. The van der Waals surface area contributed by atoms with E-state index < -0.39 is 0 Å². The molecule has 0 saturated carbocycles. The summed E-state index contributed by atoms with van der Waals surface area (Å²) in [6.07, 6.45) is 0. The van der Waals surface area contributed by atoms with Crippen molar-refractivity contribution in [1.29, 1.82) is 0 Å². The van der Waals surface area contributed by atoms with E-state index in [1.54, 1.807) is 4.68 Å². The molecule has 0 radical (unpaired) electrons. The van der Waals surface area contributed by atoms with Crippen molar-refractivity contribution in [1.82, 2.24) is 25.2 Å². The molecule has 3 rings (SSSR count). The number of fused-ring (bicyclic) bond motifs is 1. The van der Waals surface area contributed by atoms with Gasteiger partial charge in [0, 0.05) is 12.6 Å². The summed E-state index contributed by atoms with van der Waals surface area (Å²) in [5.41, 5.74) is 3.50. The third-order valence-corrected chi connectivity index (χ3v) is 2.36. The lowest BCUT2D eigenvalue weighted by Crippen LogP contribution is -1.91. The van der Waals surface area contributed by atoms with Crippen molar-refractivity contribution in [3.63, 3.8) is 0 Å². The highest BCUT2D eigenvalue weighted by Crippen LogP contribution is 2.23. The van der Waals surface area contributed by atoms with E-state index in [0.717, 1.165) is 22.4 Å². The third kappa shape index (κ3) is 1.13. The maximum absolute atomic E-state index is 4.39. The molecular weight excluding hydrogens is 190 g/mol. The van der Waals surface area contributed by atoms with Crippen LogP contribution in [0, 0.1) is 0 Å². The number of aryl methyl sites for hydroxylation is 1. The molecule has 0 spiro atoms. The standard InChI is InChI=1S/C10H9N5/c1-15-10-9(11-14-12-10)8(13-15)7-5-3-2-4-6-7/h2-6H,1H3,(H,11,12,14). The summed E-state index contributed by atoms with van der Waals surface area (Å²) >= 11 is 0. The molecule has 1 aromatic carbocycles. The number of hydrogen-bond acceptors (Lipinski definition) is 3. The van der Waals surface area contributed by atoms with Gasteiger partial charge in [0.15, 0.2) is 5.52 Å². The summed E-state index contributed by atoms with van der Waals surface area (Å²) < 4.78 is 1.72. The highest BCUT2D eigenvalue weighted by atomic mass is 15.4. The van der Waals surface area contributed by atoms with Crippen LogP contribution in [-0.4, -0.2) is 25.2 Å². The lowest BCUT2D eigenvalue weighted by Gasteiger charge is -1.94. The van der Waals surface area contributed by atoms with E-state index in [0.29, 0.717) is 0 Å². The van der Waals surface area contributed by atoms with Gasteiger partial charge in [-0.25, -0.2) is 4.68 Å².